The maximum atomic E-state index is 10.6. The van der Waals surface area contributed by atoms with Gasteiger partial charge in [-0.3, -0.25) is 4.79 Å². The van der Waals surface area contributed by atoms with Crippen molar-refractivity contribution in [2.75, 3.05) is 14.1 Å². The second-order valence-corrected chi connectivity index (χ2v) is 4.42. The van der Waals surface area contributed by atoms with Crippen LogP contribution >= 0.6 is 0 Å². The van der Waals surface area contributed by atoms with E-state index in [1.807, 2.05) is 31.1 Å². The van der Waals surface area contributed by atoms with Crippen LogP contribution in [0.1, 0.15) is 18.4 Å². The Labute approximate surface area is 101 Å². The Balaban J connectivity index is 2.60. The van der Waals surface area contributed by atoms with Gasteiger partial charge in [-0.15, -0.1) is 0 Å². The monoisotopic (exact) mass is 237 g/mol. The molecule has 0 saturated carbocycles. The quantitative estimate of drug-likeness (QED) is 0.791. The molecule has 0 unspecified atom stereocenters. The highest BCUT2D eigenvalue weighted by Crippen LogP contribution is 2.15. The summed E-state index contributed by atoms with van der Waals surface area (Å²) < 4.78 is 0. The molecule has 1 rings (SSSR count). The van der Waals surface area contributed by atoms with Gasteiger partial charge in [0.2, 0.25) is 0 Å². The van der Waals surface area contributed by atoms with Gasteiger partial charge in [-0.25, -0.2) is 0 Å². The number of rotatable bonds is 6. The molecule has 0 bridgehead atoms. The lowest BCUT2D eigenvalue weighted by Gasteiger charge is -2.23. The zero-order valence-electron chi connectivity index (χ0n) is 10.3. The number of aromatic hydroxyl groups is 1. The van der Waals surface area contributed by atoms with Crippen LogP contribution in [0.4, 0.5) is 0 Å². The van der Waals surface area contributed by atoms with E-state index in [0.717, 1.165) is 12.0 Å². The fourth-order valence-electron chi connectivity index (χ4n) is 1.74. The molecule has 4 heteroatoms. The number of nitrogens with zero attached hydrogens (tertiary/aromatic N) is 1. The maximum Gasteiger partial charge on any atom is 0.303 e. The third-order valence-corrected chi connectivity index (χ3v) is 2.83. The van der Waals surface area contributed by atoms with E-state index in [0.29, 0.717) is 6.42 Å². The first-order valence-electron chi connectivity index (χ1n) is 5.65. The molecule has 0 aliphatic heterocycles. The predicted molar refractivity (Wildman–Crippen MR) is 66.2 cm³/mol. The summed E-state index contributed by atoms with van der Waals surface area (Å²) in [4.78, 5) is 12.6. The standard InChI is InChI=1S/C13H19NO3/c1-14(2)11(5-8-13(16)17)9-10-3-6-12(15)7-4-10/h3-4,6-7,11,15H,5,8-9H2,1-2H3,(H,16,17)/t11-/m1/s1. The molecule has 94 valence electrons. The number of phenols is 1. The lowest BCUT2D eigenvalue weighted by Crippen LogP contribution is -2.30. The first-order chi connectivity index (χ1) is 7.99. The molecular weight excluding hydrogens is 218 g/mol. The van der Waals surface area contributed by atoms with Gasteiger partial charge in [-0.1, -0.05) is 12.1 Å². The molecule has 1 aromatic carbocycles. The topological polar surface area (TPSA) is 60.8 Å². The lowest BCUT2D eigenvalue weighted by atomic mass is 10.0. The second kappa shape index (κ2) is 6.25. The van der Waals surface area contributed by atoms with E-state index in [-0.39, 0.29) is 18.2 Å². The van der Waals surface area contributed by atoms with Gasteiger partial charge in [0, 0.05) is 12.5 Å². The number of carboxylic acids is 1. The number of benzene rings is 1. The number of hydrogen-bond donors (Lipinski definition) is 2. The second-order valence-electron chi connectivity index (χ2n) is 4.42. The molecule has 0 aliphatic carbocycles. The highest BCUT2D eigenvalue weighted by Gasteiger charge is 2.13. The Hall–Kier alpha value is -1.55. The summed E-state index contributed by atoms with van der Waals surface area (Å²) in [5.74, 6) is -0.511. The van der Waals surface area contributed by atoms with E-state index in [4.69, 9.17) is 5.11 Å². The largest absolute Gasteiger partial charge is 0.508 e. The van der Waals surface area contributed by atoms with Crippen molar-refractivity contribution in [2.24, 2.45) is 0 Å². The fourth-order valence-corrected chi connectivity index (χ4v) is 1.74. The molecule has 0 fully saturated rings. The summed E-state index contributed by atoms with van der Waals surface area (Å²) >= 11 is 0. The maximum absolute atomic E-state index is 10.6. The summed E-state index contributed by atoms with van der Waals surface area (Å²) in [6, 6.07) is 7.24. The van der Waals surface area contributed by atoms with E-state index >= 15 is 0 Å². The number of hydrogen-bond acceptors (Lipinski definition) is 3. The molecule has 2 N–H and O–H groups in total. The van der Waals surface area contributed by atoms with Crippen molar-refractivity contribution in [3.8, 4) is 5.75 Å². The first kappa shape index (κ1) is 13.5. The van der Waals surface area contributed by atoms with E-state index < -0.39 is 5.97 Å². The van der Waals surface area contributed by atoms with Gasteiger partial charge in [0.25, 0.3) is 0 Å². The lowest BCUT2D eigenvalue weighted by molar-refractivity contribution is -0.137. The van der Waals surface area contributed by atoms with Gasteiger partial charge < -0.3 is 15.1 Å². The van der Waals surface area contributed by atoms with Crippen LogP contribution in [0.3, 0.4) is 0 Å². The molecule has 0 saturated heterocycles. The van der Waals surface area contributed by atoms with Gasteiger partial charge in [-0.05, 0) is 44.6 Å². The minimum Gasteiger partial charge on any atom is -0.508 e. The van der Waals surface area contributed by atoms with Crippen LogP contribution in [0.25, 0.3) is 0 Å². The number of carboxylic acid groups (broad SMARTS) is 1. The molecule has 0 aromatic heterocycles. The van der Waals surface area contributed by atoms with Crippen molar-refractivity contribution in [1.29, 1.82) is 0 Å². The third kappa shape index (κ3) is 4.87. The highest BCUT2D eigenvalue weighted by atomic mass is 16.4. The SMILES string of the molecule is CN(C)[C@H](CCC(=O)O)Cc1ccc(O)cc1. The fraction of sp³-hybridized carbons (Fsp3) is 0.462. The predicted octanol–water partition coefficient (Wildman–Crippen LogP) is 1.73. The van der Waals surface area contributed by atoms with E-state index in [1.165, 1.54) is 0 Å². The molecule has 0 heterocycles. The highest BCUT2D eigenvalue weighted by molar-refractivity contribution is 5.66. The van der Waals surface area contributed by atoms with Gasteiger partial charge in [0.15, 0.2) is 0 Å². The number of aliphatic carboxylic acids is 1. The summed E-state index contributed by atoms with van der Waals surface area (Å²) in [5.41, 5.74) is 1.10. The van der Waals surface area contributed by atoms with Crippen molar-refractivity contribution in [3.63, 3.8) is 0 Å². The molecule has 17 heavy (non-hydrogen) atoms. The van der Waals surface area contributed by atoms with Crippen LogP contribution < -0.4 is 0 Å². The zero-order valence-corrected chi connectivity index (χ0v) is 10.3. The van der Waals surface area contributed by atoms with Crippen molar-refractivity contribution < 1.29 is 15.0 Å². The molecule has 0 aliphatic rings. The van der Waals surface area contributed by atoms with E-state index in [2.05, 4.69) is 0 Å². The normalized spacial score (nSPS) is 12.6. The summed E-state index contributed by atoms with van der Waals surface area (Å²) in [5, 5.41) is 17.9. The molecule has 4 nitrogen and oxygen atoms in total. The minimum atomic E-state index is -0.762. The third-order valence-electron chi connectivity index (χ3n) is 2.83. The summed E-state index contributed by atoms with van der Waals surface area (Å²) in [7, 11) is 3.90. The molecular formula is C13H19NO3. The van der Waals surface area contributed by atoms with Crippen molar-refractivity contribution in [1.82, 2.24) is 4.90 Å². The summed E-state index contributed by atoms with van der Waals surface area (Å²) in [6.45, 7) is 0. The molecule has 0 spiro atoms. The first-order valence-corrected chi connectivity index (χ1v) is 5.65. The van der Waals surface area contributed by atoms with Gasteiger partial charge in [0.05, 0.1) is 0 Å². The smallest absolute Gasteiger partial charge is 0.303 e. The van der Waals surface area contributed by atoms with Gasteiger partial charge in [-0.2, -0.15) is 0 Å². The zero-order chi connectivity index (χ0) is 12.8. The van der Waals surface area contributed by atoms with Crippen LogP contribution in [-0.2, 0) is 11.2 Å². The number of likely N-dealkylation sites (N-methyl/N-ethyl adjacent to an activating group) is 1. The van der Waals surface area contributed by atoms with Crippen LogP contribution in [0.5, 0.6) is 5.75 Å². The van der Waals surface area contributed by atoms with Gasteiger partial charge in [0.1, 0.15) is 5.75 Å². The Morgan fingerprint density at radius 3 is 2.35 bits per heavy atom. The molecule has 1 atom stereocenters. The average Bonchev–Trinajstić information content (AvgIpc) is 2.26. The Kier molecular flexibility index (Phi) is 4.97. The van der Waals surface area contributed by atoms with E-state index in [9.17, 15) is 9.90 Å². The van der Waals surface area contributed by atoms with Crippen molar-refractivity contribution in [3.05, 3.63) is 29.8 Å². The number of phenolic OH excluding ortho intramolecular Hbond substituents is 1. The minimum absolute atomic E-state index is 0.181. The Bertz CT molecular complexity index is 359. The molecule has 0 amide bonds. The summed E-state index contributed by atoms with van der Waals surface area (Å²) in [6.07, 6.45) is 1.60. The van der Waals surface area contributed by atoms with Crippen LogP contribution in [-0.4, -0.2) is 41.2 Å². The molecule has 0 radical (unpaired) electrons. The van der Waals surface area contributed by atoms with Gasteiger partial charge >= 0.3 is 5.97 Å². The van der Waals surface area contributed by atoms with E-state index in [1.54, 1.807) is 12.1 Å². The average molecular weight is 237 g/mol. The number of carbonyl (C=O) groups is 1. The Morgan fingerprint density at radius 2 is 1.88 bits per heavy atom. The van der Waals surface area contributed by atoms with Crippen molar-refractivity contribution >= 4 is 5.97 Å². The van der Waals surface area contributed by atoms with Crippen LogP contribution in [0, 0.1) is 0 Å². The van der Waals surface area contributed by atoms with Crippen molar-refractivity contribution in [2.45, 2.75) is 25.3 Å². The molecule has 1 aromatic rings. The van der Waals surface area contributed by atoms with Crippen LogP contribution in [0.2, 0.25) is 0 Å². The van der Waals surface area contributed by atoms with Crippen LogP contribution in [0.15, 0.2) is 24.3 Å². The Morgan fingerprint density at radius 1 is 1.29 bits per heavy atom.